The van der Waals surface area contributed by atoms with Crippen LogP contribution in [-0.4, -0.2) is 90.4 Å². The number of benzene rings is 1. The van der Waals surface area contributed by atoms with E-state index in [1.54, 1.807) is 12.1 Å². The summed E-state index contributed by atoms with van der Waals surface area (Å²) in [5.41, 5.74) is 2.28. The van der Waals surface area contributed by atoms with Gasteiger partial charge in [-0.3, -0.25) is 0 Å². The van der Waals surface area contributed by atoms with Gasteiger partial charge in [0.2, 0.25) is 5.95 Å². The number of thiazole rings is 1. The van der Waals surface area contributed by atoms with Crippen LogP contribution >= 0.6 is 23.6 Å². The van der Waals surface area contributed by atoms with Crippen molar-refractivity contribution in [1.29, 1.82) is 0 Å². The first kappa shape index (κ1) is 26.7. The number of carbonyl (C=O) groups excluding carboxylic acids is 1. The lowest BCUT2D eigenvalue weighted by molar-refractivity contribution is 0.0600. The van der Waals surface area contributed by atoms with Crippen LogP contribution in [0.25, 0.3) is 11.3 Å². The summed E-state index contributed by atoms with van der Waals surface area (Å²) in [6.07, 6.45) is 4.86. The summed E-state index contributed by atoms with van der Waals surface area (Å²) in [7, 11) is 1.38. The summed E-state index contributed by atoms with van der Waals surface area (Å²) in [6, 6.07) is 9.42. The predicted octanol–water partition coefficient (Wildman–Crippen LogP) is 4.11. The van der Waals surface area contributed by atoms with E-state index in [0.717, 1.165) is 86.3 Å². The maximum atomic E-state index is 11.7. The minimum Gasteiger partial charge on any atom is -0.465 e. The molecule has 0 unspecified atom stereocenters. The molecule has 3 saturated heterocycles. The summed E-state index contributed by atoms with van der Waals surface area (Å²) in [5, 5.41) is 6.74. The number of thiocarbonyl (C=S) groups is 1. The molecule has 0 aliphatic carbocycles. The Hall–Kier alpha value is -3.51. The van der Waals surface area contributed by atoms with Crippen LogP contribution in [0.1, 0.15) is 36.0 Å². The van der Waals surface area contributed by atoms with Crippen molar-refractivity contribution in [2.75, 3.05) is 79.5 Å². The molecule has 0 bridgehead atoms. The summed E-state index contributed by atoms with van der Waals surface area (Å²) in [5.74, 6) is 2.59. The van der Waals surface area contributed by atoms with Crippen molar-refractivity contribution in [3.8, 4) is 11.3 Å². The molecule has 3 aromatic rings. The van der Waals surface area contributed by atoms with Gasteiger partial charge >= 0.3 is 5.97 Å². The third kappa shape index (κ3) is 5.83. The van der Waals surface area contributed by atoms with Gasteiger partial charge in [0.25, 0.3) is 0 Å². The van der Waals surface area contributed by atoms with Crippen LogP contribution in [0.3, 0.4) is 0 Å². The maximum Gasteiger partial charge on any atom is 0.337 e. The molecule has 10 nitrogen and oxygen atoms in total. The van der Waals surface area contributed by atoms with Gasteiger partial charge in [-0.05, 0) is 50.0 Å². The van der Waals surface area contributed by atoms with E-state index in [0.29, 0.717) is 10.7 Å². The highest BCUT2D eigenvalue weighted by Gasteiger charge is 2.25. The van der Waals surface area contributed by atoms with Crippen LogP contribution in [0.2, 0.25) is 0 Å². The zero-order valence-electron chi connectivity index (χ0n) is 22.7. The Morgan fingerprint density at radius 1 is 0.850 bits per heavy atom. The number of piperazine rings is 1. The Bertz CT molecular complexity index is 1310. The lowest BCUT2D eigenvalue weighted by atomic mass is 10.1. The summed E-state index contributed by atoms with van der Waals surface area (Å²) >= 11 is 7.27. The number of ether oxygens (including phenoxy) is 1. The molecule has 0 amide bonds. The molecular formula is C28H34N8O2S2. The molecule has 2 aromatic heterocycles. The van der Waals surface area contributed by atoms with Crippen molar-refractivity contribution < 1.29 is 9.53 Å². The van der Waals surface area contributed by atoms with Crippen LogP contribution in [0.15, 0.2) is 35.7 Å². The van der Waals surface area contributed by atoms with Crippen molar-refractivity contribution in [2.45, 2.75) is 25.7 Å². The fourth-order valence-electron chi connectivity index (χ4n) is 5.41. The highest BCUT2D eigenvalue weighted by atomic mass is 32.1. The van der Waals surface area contributed by atoms with Gasteiger partial charge in [-0.25, -0.2) is 9.78 Å². The Morgan fingerprint density at radius 2 is 1.45 bits per heavy atom. The Kier molecular flexibility index (Phi) is 7.96. The molecule has 1 aromatic carbocycles. The van der Waals surface area contributed by atoms with Crippen LogP contribution in [0, 0.1) is 0 Å². The van der Waals surface area contributed by atoms with E-state index in [1.807, 2.05) is 17.5 Å². The molecule has 12 heteroatoms. The molecule has 40 heavy (non-hydrogen) atoms. The largest absolute Gasteiger partial charge is 0.465 e. The third-order valence-electron chi connectivity index (χ3n) is 7.72. The molecule has 3 aliphatic rings. The molecule has 0 spiro atoms. The first-order chi connectivity index (χ1) is 19.6. The molecule has 6 rings (SSSR count). The van der Waals surface area contributed by atoms with Gasteiger partial charge in [-0.2, -0.15) is 9.97 Å². The van der Waals surface area contributed by atoms with Crippen molar-refractivity contribution in [3.05, 3.63) is 41.3 Å². The number of hydrogen-bond donors (Lipinski definition) is 1. The van der Waals surface area contributed by atoms with Crippen LogP contribution in [0.4, 0.5) is 22.7 Å². The molecule has 5 heterocycles. The molecule has 0 atom stereocenters. The minimum atomic E-state index is -0.351. The maximum absolute atomic E-state index is 11.7. The molecule has 210 valence electrons. The van der Waals surface area contributed by atoms with Gasteiger partial charge in [0, 0.05) is 69.4 Å². The lowest BCUT2D eigenvalue weighted by Crippen LogP contribution is -2.50. The van der Waals surface area contributed by atoms with E-state index >= 15 is 0 Å². The number of aromatic nitrogens is 3. The van der Waals surface area contributed by atoms with Crippen LogP contribution in [0.5, 0.6) is 0 Å². The summed E-state index contributed by atoms with van der Waals surface area (Å²) in [4.78, 5) is 35.7. The number of methoxy groups -OCH3 is 1. The molecule has 0 saturated carbocycles. The lowest BCUT2D eigenvalue weighted by Gasteiger charge is -2.37. The number of esters is 1. The molecule has 0 radical (unpaired) electrons. The summed E-state index contributed by atoms with van der Waals surface area (Å²) < 4.78 is 4.78. The fourth-order valence-corrected chi connectivity index (χ4v) is 6.47. The molecular weight excluding hydrogens is 544 g/mol. The molecule has 1 N–H and O–H groups in total. The topological polar surface area (TPSA) is 90.0 Å². The van der Waals surface area contributed by atoms with Crippen LogP contribution in [-0.2, 0) is 4.74 Å². The highest BCUT2D eigenvalue weighted by Crippen LogP contribution is 2.29. The fraction of sp³-hybridized carbons (Fsp3) is 0.464. The number of nitrogens with zero attached hydrogens (tertiary/aromatic N) is 7. The molecule has 3 fully saturated rings. The number of nitrogens with one attached hydrogen (secondary N) is 1. The Balaban J connectivity index is 1.08. The Labute approximate surface area is 244 Å². The van der Waals surface area contributed by atoms with Crippen molar-refractivity contribution in [1.82, 2.24) is 19.9 Å². The monoisotopic (exact) mass is 578 g/mol. The van der Waals surface area contributed by atoms with E-state index in [4.69, 9.17) is 31.9 Å². The van der Waals surface area contributed by atoms with Crippen molar-refractivity contribution in [2.24, 2.45) is 0 Å². The van der Waals surface area contributed by atoms with E-state index in [9.17, 15) is 4.79 Å². The van der Waals surface area contributed by atoms with E-state index in [1.165, 1.54) is 44.1 Å². The summed E-state index contributed by atoms with van der Waals surface area (Å²) in [6.45, 7) is 7.51. The van der Waals surface area contributed by atoms with Crippen molar-refractivity contribution >= 4 is 57.4 Å². The Morgan fingerprint density at radius 3 is 2.08 bits per heavy atom. The normalized spacial score (nSPS) is 17.4. The second-order valence-electron chi connectivity index (χ2n) is 10.3. The first-order valence-corrected chi connectivity index (χ1v) is 15.2. The minimum absolute atomic E-state index is 0.351. The SMILES string of the molecule is COC(=O)c1ccc(-c2csc(NC(=S)N3CCN(c4cc(N5CCCC5)nc(N5CCCC5)n4)CC3)n2)cc1. The average molecular weight is 579 g/mol. The average Bonchev–Trinajstić information content (AvgIpc) is 3.80. The number of hydrogen-bond acceptors (Lipinski definition) is 10. The van der Waals surface area contributed by atoms with Gasteiger partial charge in [-0.1, -0.05) is 12.1 Å². The zero-order valence-corrected chi connectivity index (χ0v) is 24.3. The zero-order chi connectivity index (χ0) is 27.5. The number of rotatable bonds is 6. The van der Waals surface area contributed by atoms with Crippen molar-refractivity contribution in [3.63, 3.8) is 0 Å². The smallest absolute Gasteiger partial charge is 0.337 e. The van der Waals surface area contributed by atoms with Gasteiger partial charge < -0.3 is 29.7 Å². The number of anilines is 4. The van der Waals surface area contributed by atoms with E-state index in [2.05, 4.69) is 31.0 Å². The van der Waals surface area contributed by atoms with E-state index < -0.39 is 0 Å². The van der Waals surface area contributed by atoms with Gasteiger partial charge in [0.15, 0.2) is 10.2 Å². The molecule has 3 aliphatic heterocycles. The van der Waals surface area contributed by atoms with Gasteiger partial charge in [0.05, 0.1) is 18.4 Å². The highest BCUT2D eigenvalue weighted by molar-refractivity contribution is 7.80. The quantitative estimate of drug-likeness (QED) is 0.339. The third-order valence-corrected chi connectivity index (χ3v) is 8.83. The van der Waals surface area contributed by atoms with Crippen LogP contribution < -0.4 is 20.0 Å². The number of carbonyl (C=O) groups is 1. The predicted molar refractivity (Wildman–Crippen MR) is 164 cm³/mol. The second-order valence-corrected chi connectivity index (χ2v) is 11.5. The first-order valence-electron chi connectivity index (χ1n) is 13.9. The van der Waals surface area contributed by atoms with E-state index in [-0.39, 0.29) is 5.97 Å². The van der Waals surface area contributed by atoms with Gasteiger partial charge in [-0.15, -0.1) is 11.3 Å². The van der Waals surface area contributed by atoms with Gasteiger partial charge in [0.1, 0.15) is 11.6 Å². The second kappa shape index (κ2) is 11.9. The standard InChI is InChI=1S/C28H34N8O2S2/c1-38-25(37)21-8-6-20(7-9-21)22-19-40-27(29-22)32-28(39)36-16-14-34(15-17-36)24-18-23(33-10-2-3-11-33)30-26(31-24)35-12-4-5-13-35/h6-9,18-19H,2-5,10-17H2,1H3,(H,29,32,39).